The molecular weight excluding hydrogens is 470 g/mol. The maximum absolute atomic E-state index is 13.1. The summed E-state index contributed by atoms with van der Waals surface area (Å²) in [6.07, 6.45) is 2.79. The third-order valence-electron chi connectivity index (χ3n) is 4.91. The number of benzene rings is 1. The molecule has 9 nitrogen and oxygen atoms in total. The van der Waals surface area contributed by atoms with Crippen molar-refractivity contribution in [3.63, 3.8) is 0 Å². The monoisotopic (exact) mass is 509 g/mol. The van der Waals surface area contributed by atoms with Gasteiger partial charge in [-0.25, -0.2) is 9.59 Å². The molecule has 1 aromatic carbocycles. The summed E-state index contributed by atoms with van der Waals surface area (Å²) in [6.45, 7) is 7.09. The number of methoxy groups -OCH3 is 1. The zero-order valence-corrected chi connectivity index (χ0v) is 22.3. The van der Waals surface area contributed by atoms with Crippen LogP contribution >= 0.6 is 11.8 Å². The maximum atomic E-state index is 13.1. The Bertz CT molecular complexity index is 828. The Morgan fingerprint density at radius 3 is 2.00 bits per heavy atom. The smallest absolute Gasteiger partial charge is 0.408 e. The lowest BCUT2D eigenvalue weighted by Gasteiger charge is -2.26. The van der Waals surface area contributed by atoms with Crippen molar-refractivity contribution in [3.05, 3.63) is 35.9 Å². The number of hydrogen-bond donors (Lipinski definition) is 3. The van der Waals surface area contributed by atoms with Gasteiger partial charge in [0.2, 0.25) is 11.8 Å². The molecule has 0 fully saturated rings. The number of esters is 1. The molecule has 1 rings (SSSR count). The highest BCUT2D eigenvalue weighted by molar-refractivity contribution is 7.98. The Hall–Kier alpha value is -2.75. The van der Waals surface area contributed by atoms with E-state index in [1.165, 1.54) is 18.9 Å². The third-order valence-corrected chi connectivity index (χ3v) is 5.56. The summed E-state index contributed by atoms with van der Waals surface area (Å²) in [4.78, 5) is 50.7. The van der Waals surface area contributed by atoms with Crippen molar-refractivity contribution in [2.24, 2.45) is 0 Å². The second-order valence-corrected chi connectivity index (χ2v) is 10.1. The number of thioether (sulfide) groups is 1. The molecule has 0 aromatic heterocycles. The van der Waals surface area contributed by atoms with Crippen LogP contribution in [0.3, 0.4) is 0 Å². The molecule has 3 amide bonds. The molecule has 196 valence electrons. The van der Waals surface area contributed by atoms with Crippen LogP contribution in [-0.4, -0.2) is 66.7 Å². The van der Waals surface area contributed by atoms with E-state index in [-0.39, 0.29) is 6.42 Å². The SMILES string of the molecule is CCCC(NC(=O)C(CCSC)NC(=O)OC(C)(C)C)C(=O)NC(Cc1ccccc1)C(=O)OC. The molecule has 0 heterocycles. The number of ether oxygens (including phenoxy) is 2. The number of carbonyl (C=O) groups is 4. The standard InChI is InChI=1S/C25H39N3O6S/c1-7-11-18(21(29)27-20(23(31)33-5)16-17-12-9-8-10-13-17)26-22(30)19(14-15-35-6)28-24(32)34-25(2,3)4/h8-10,12-13,18-20H,7,11,14-16H2,1-6H3,(H,26,30)(H,27,29)(H,28,32). The second kappa shape index (κ2) is 15.3. The molecule has 0 radical (unpaired) electrons. The fourth-order valence-electron chi connectivity index (χ4n) is 3.24. The lowest BCUT2D eigenvalue weighted by atomic mass is 10.0. The van der Waals surface area contributed by atoms with Crippen LogP contribution < -0.4 is 16.0 Å². The summed E-state index contributed by atoms with van der Waals surface area (Å²) in [5.74, 6) is -0.933. The van der Waals surface area contributed by atoms with Crippen LogP contribution in [0.4, 0.5) is 4.79 Å². The van der Waals surface area contributed by atoms with E-state index >= 15 is 0 Å². The number of nitrogens with one attached hydrogen (secondary N) is 3. The summed E-state index contributed by atoms with van der Waals surface area (Å²) < 4.78 is 10.1. The molecule has 35 heavy (non-hydrogen) atoms. The highest BCUT2D eigenvalue weighted by Gasteiger charge is 2.30. The van der Waals surface area contributed by atoms with E-state index in [9.17, 15) is 19.2 Å². The molecule has 3 atom stereocenters. The lowest BCUT2D eigenvalue weighted by molar-refractivity contribution is -0.145. The first kappa shape index (κ1) is 30.3. The molecule has 1 aromatic rings. The van der Waals surface area contributed by atoms with Gasteiger partial charge < -0.3 is 25.4 Å². The van der Waals surface area contributed by atoms with Crippen LogP contribution in [-0.2, 0) is 30.3 Å². The molecule has 0 aliphatic carbocycles. The Morgan fingerprint density at radius 2 is 1.49 bits per heavy atom. The van der Waals surface area contributed by atoms with Crippen molar-refractivity contribution in [2.45, 2.75) is 77.1 Å². The van der Waals surface area contributed by atoms with Crippen molar-refractivity contribution in [1.29, 1.82) is 0 Å². The molecule has 0 aliphatic heterocycles. The fourth-order valence-corrected chi connectivity index (χ4v) is 3.71. The molecule has 3 N–H and O–H groups in total. The lowest BCUT2D eigenvalue weighted by Crippen LogP contribution is -2.56. The highest BCUT2D eigenvalue weighted by Crippen LogP contribution is 2.10. The van der Waals surface area contributed by atoms with E-state index in [2.05, 4.69) is 16.0 Å². The minimum absolute atomic E-state index is 0.253. The first-order chi connectivity index (χ1) is 16.5. The fraction of sp³-hybridized carbons (Fsp3) is 0.600. The van der Waals surface area contributed by atoms with Gasteiger partial charge in [-0.2, -0.15) is 11.8 Å². The van der Waals surface area contributed by atoms with Crippen LogP contribution in [0.15, 0.2) is 30.3 Å². The molecule has 0 spiro atoms. The van der Waals surface area contributed by atoms with E-state index < -0.39 is 47.6 Å². The van der Waals surface area contributed by atoms with E-state index in [0.717, 1.165) is 5.56 Å². The van der Waals surface area contributed by atoms with E-state index in [1.54, 1.807) is 20.8 Å². The predicted molar refractivity (Wildman–Crippen MR) is 137 cm³/mol. The predicted octanol–water partition coefficient (Wildman–Crippen LogP) is 2.82. The van der Waals surface area contributed by atoms with Crippen molar-refractivity contribution >= 4 is 35.6 Å². The maximum Gasteiger partial charge on any atom is 0.408 e. The minimum Gasteiger partial charge on any atom is -0.467 e. The van der Waals surface area contributed by atoms with Gasteiger partial charge in [-0.05, 0) is 51.2 Å². The van der Waals surface area contributed by atoms with Crippen molar-refractivity contribution < 1.29 is 28.7 Å². The molecule has 3 unspecified atom stereocenters. The topological polar surface area (TPSA) is 123 Å². The van der Waals surface area contributed by atoms with E-state index in [0.29, 0.717) is 25.0 Å². The average Bonchev–Trinajstić information content (AvgIpc) is 2.79. The van der Waals surface area contributed by atoms with Crippen LogP contribution in [0, 0.1) is 0 Å². The Kier molecular flexibility index (Phi) is 13.2. The zero-order chi connectivity index (χ0) is 26.4. The van der Waals surface area contributed by atoms with Crippen molar-refractivity contribution in [2.75, 3.05) is 19.1 Å². The molecule has 0 saturated heterocycles. The summed E-state index contributed by atoms with van der Waals surface area (Å²) in [5, 5.41) is 8.06. The molecule has 0 saturated carbocycles. The van der Waals surface area contributed by atoms with Gasteiger partial charge in [0.05, 0.1) is 7.11 Å². The molecule has 0 bridgehead atoms. The van der Waals surface area contributed by atoms with E-state index in [1.807, 2.05) is 43.5 Å². The quantitative estimate of drug-likeness (QED) is 0.350. The Labute approximate surface area is 212 Å². The van der Waals surface area contributed by atoms with Gasteiger partial charge in [-0.15, -0.1) is 0 Å². The van der Waals surface area contributed by atoms with Crippen LogP contribution in [0.1, 0.15) is 52.5 Å². The number of alkyl carbamates (subject to hydrolysis) is 1. The summed E-state index contributed by atoms with van der Waals surface area (Å²) in [6, 6.07) is 6.60. The normalized spacial score (nSPS) is 13.7. The van der Waals surface area contributed by atoms with Gasteiger partial charge in [0.15, 0.2) is 0 Å². The van der Waals surface area contributed by atoms with E-state index in [4.69, 9.17) is 9.47 Å². The molecular formula is C25H39N3O6S. The Morgan fingerprint density at radius 1 is 0.914 bits per heavy atom. The highest BCUT2D eigenvalue weighted by atomic mass is 32.2. The minimum atomic E-state index is -0.904. The summed E-state index contributed by atoms with van der Waals surface area (Å²) >= 11 is 1.54. The van der Waals surface area contributed by atoms with Gasteiger partial charge in [0.25, 0.3) is 0 Å². The van der Waals surface area contributed by atoms with Crippen molar-refractivity contribution in [3.8, 4) is 0 Å². The van der Waals surface area contributed by atoms with Gasteiger partial charge in [0, 0.05) is 6.42 Å². The van der Waals surface area contributed by atoms with Gasteiger partial charge in [-0.3, -0.25) is 9.59 Å². The average molecular weight is 510 g/mol. The van der Waals surface area contributed by atoms with Gasteiger partial charge in [-0.1, -0.05) is 43.7 Å². The third kappa shape index (κ3) is 12.0. The number of carbonyl (C=O) groups excluding carboxylic acids is 4. The van der Waals surface area contributed by atoms with Crippen LogP contribution in [0.2, 0.25) is 0 Å². The van der Waals surface area contributed by atoms with Crippen LogP contribution in [0.5, 0.6) is 0 Å². The number of amides is 3. The molecule has 0 aliphatic rings. The Balaban J connectivity index is 2.94. The molecule has 10 heteroatoms. The second-order valence-electron chi connectivity index (χ2n) is 9.10. The number of hydrogen-bond acceptors (Lipinski definition) is 7. The number of rotatable bonds is 13. The largest absolute Gasteiger partial charge is 0.467 e. The first-order valence-electron chi connectivity index (χ1n) is 11.7. The van der Waals surface area contributed by atoms with Crippen LogP contribution in [0.25, 0.3) is 0 Å². The first-order valence-corrected chi connectivity index (χ1v) is 13.1. The summed E-state index contributed by atoms with van der Waals surface area (Å²) in [7, 11) is 1.26. The van der Waals surface area contributed by atoms with Gasteiger partial charge >= 0.3 is 12.1 Å². The van der Waals surface area contributed by atoms with Gasteiger partial charge in [0.1, 0.15) is 23.7 Å². The zero-order valence-electron chi connectivity index (χ0n) is 21.5. The van der Waals surface area contributed by atoms with Crippen molar-refractivity contribution in [1.82, 2.24) is 16.0 Å². The summed E-state index contributed by atoms with van der Waals surface area (Å²) in [5.41, 5.74) is 0.148.